The number of hydrogen-bond acceptors (Lipinski definition) is 4. The Kier molecular flexibility index (Phi) is 3.46. The number of hydrogen-bond donors (Lipinski definition) is 0. The van der Waals surface area contributed by atoms with Crippen LogP contribution in [0.25, 0.3) is 0 Å². The van der Waals surface area contributed by atoms with Crippen LogP contribution in [0.4, 0.5) is 5.69 Å². The van der Waals surface area contributed by atoms with E-state index < -0.39 is 0 Å². The van der Waals surface area contributed by atoms with Gasteiger partial charge in [-0.15, -0.1) is 11.8 Å². The monoisotopic (exact) mass is 239 g/mol. The molecule has 1 heterocycles. The van der Waals surface area contributed by atoms with Gasteiger partial charge < -0.3 is 4.74 Å². The third-order valence-corrected chi connectivity index (χ3v) is 3.79. The van der Waals surface area contributed by atoms with Crippen LogP contribution in [-0.2, 0) is 4.74 Å². The van der Waals surface area contributed by atoms with Gasteiger partial charge in [-0.2, -0.15) is 0 Å². The van der Waals surface area contributed by atoms with Crippen molar-refractivity contribution in [2.75, 3.05) is 13.2 Å². The fraction of sp³-hybridized carbons (Fsp3) is 0.455. The number of ether oxygens (including phenoxy) is 1. The predicted octanol–water partition coefficient (Wildman–Crippen LogP) is 2.78. The molecule has 1 atom stereocenters. The Balaban J connectivity index is 2.11. The fourth-order valence-corrected chi connectivity index (χ4v) is 2.86. The number of benzene rings is 1. The zero-order valence-electron chi connectivity index (χ0n) is 9.01. The summed E-state index contributed by atoms with van der Waals surface area (Å²) in [5.41, 5.74) is 0.904. The topological polar surface area (TPSA) is 52.4 Å². The van der Waals surface area contributed by atoms with E-state index in [2.05, 4.69) is 0 Å². The van der Waals surface area contributed by atoms with Gasteiger partial charge in [0, 0.05) is 28.4 Å². The van der Waals surface area contributed by atoms with Crippen molar-refractivity contribution in [1.82, 2.24) is 0 Å². The van der Waals surface area contributed by atoms with Crippen LogP contribution in [0.15, 0.2) is 23.1 Å². The number of aryl methyl sites for hydroxylation is 1. The van der Waals surface area contributed by atoms with Crippen molar-refractivity contribution in [3.63, 3.8) is 0 Å². The molecular formula is C11H13NO3S. The quantitative estimate of drug-likeness (QED) is 0.601. The molecule has 0 spiro atoms. The molecule has 0 amide bonds. The predicted molar refractivity (Wildman–Crippen MR) is 62.9 cm³/mol. The Labute approximate surface area is 98.1 Å². The lowest BCUT2D eigenvalue weighted by molar-refractivity contribution is -0.385. The van der Waals surface area contributed by atoms with Gasteiger partial charge in [0.15, 0.2) is 0 Å². The van der Waals surface area contributed by atoms with Crippen LogP contribution in [0.5, 0.6) is 0 Å². The van der Waals surface area contributed by atoms with E-state index in [4.69, 9.17) is 4.74 Å². The second kappa shape index (κ2) is 4.84. The average Bonchev–Trinajstić information content (AvgIpc) is 2.70. The summed E-state index contributed by atoms with van der Waals surface area (Å²) in [5, 5.41) is 11.1. The molecule has 1 aromatic rings. The van der Waals surface area contributed by atoms with E-state index in [1.807, 2.05) is 12.1 Å². The Morgan fingerprint density at radius 3 is 2.94 bits per heavy atom. The SMILES string of the molecule is Cc1cc(S[C@@H]2CCOC2)ccc1[N+](=O)[O-]. The van der Waals surface area contributed by atoms with Gasteiger partial charge in [-0.3, -0.25) is 10.1 Å². The highest BCUT2D eigenvalue weighted by molar-refractivity contribution is 8.00. The summed E-state index contributed by atoms with van der Waals surface area (Å²) in [7, 11) is 0. The number of rotatable bonds is 3. The summed E-state index contributed by atoms with van der Waals surface area (Å²) in [4.78, 5) is 11.4. The second-order valence-electron chi connectivity index (χ2n) is 3.81. The van der Waals surface area contributed by atoms with Gasteiger partial charge in [0.05, 0.1) is 11.5 Å². The highest BCUT2D eigenvalue weighted by Gasteiger charge is 2.18. The van der Waals surface area contributed by atoms with E-state index in [0.717, 1.165) is 24.5 Å². The number of nitrogens with zero attached hydrogens (tertiary/aromatic N) is 1. The van der Waals surface area contributed by atoms with Crippen molar-refractivity contribution in [1.29, 1.82) is 0 Å². The molecule has 0 N–H and O–H groups in total. The van der Waals surface area contributed by atoms with E-state index >= 15 is 0 Å². The first-order valence-corrected chi connectivity index (χ1v) is 6.04. The van der Waals surface area contributed by atoms with Crippen molar-refractivity contribution in [3.05, 3.63) is 33.9 Å². The summed E-state index contributed by atoms with van der Waals surface area (Å²) in [5.74, 6) is 0. The van der Waals surface area contributed by atoms with Crippen molar-refractivity contribution in [2.24, 2.45) is 0 Å². The van der Waals surface area contributed by atoms with E-state index in [-0.39, 0.29) is 10.6 Å². The Hall–Kier alpha value is -1.07. The molecule has 1 saturated heterocycles. The third kappa shape index (κ3) is 2.54. The minimum absolute atomic E-state index is 0.187. The van der Waals surface area contributed by atoms with Gasteiger partial charge in [0.25, 0.3) is 5.69 Å². The van der Waals surface area contributed by atoms with Crippen molar-refractivity contribution in [2.45, 2.75) is 23.5 Å². The first-order chi connectivity index (χ1) is 7.66. The molecule has 0 unspecified atom stereocenters. The zero-order valence-corrected chi connectivity index (χ0v) is 9.83. The van der Waals surface area contributed by atoms with Crippen LogP contribution in [0.3, 0.4) is 0 Å². The molecule has 5 heteroatoms. The summed E-state index contributed by atoms with van der Waals surface area (Å²) in [6, 6.07) is 5.27. The summed E-state index contributed by atoms with van der Waals surface area (Å²) in [6.07, 6.45) is 1.06. The lowest BCUT2D eigenvalue weighted by Gasteiger charge is -2.07. The smallest absolute Gasteiger partial charge is 0.272 e. The number of nitro benzene ring substituents is 1. The number of thioether (sulfide) groups is 1. The largest absolute Gasteiger partial charge is 0.380 e. The fourth-order valence-electron chi connectivity index (χ4n) is 1.70. The van der Waals surface area contributed by atoms with E-state index in [0.29, 0.717) is 10.8 Å². The van der Waals surface area contributed by atoms with Gasteiger partial charge in [0.2, 0.25) is 0 Å². The molecule has 1 aliphatic rings. The maximum atomic E-state index is 10.7. The van der Waals surface area contributed by atoms with Gasteiger partial charge in [0.1, 0.15) is 0 Å². The normalized spacial score (nSPS) is 19.9. The van der Waals surface area contributed by atoms with Crippen molar-refractivity contribution < 1.29 is 9.66 Å². The Bertz CT molecular complexity index is 402. The minimum Gasteiger partial charge on any atom is -0.380 e. The summed E-state index contributed by atoms with van der Waals surface area (Å²) < 4.78 is 5.29. The molecule has 16 heavy (non-hydrogen) atoms. The molecule has 2 rings (SSSR count). The molecule has 1 aliphatic heterocycles. The van der Waals surface area contributed by atoms with Crippen LogP contribution in [0.1, 0.15) is 12.0 Å². The minimum atomic E-state index is -0.345. The molecule has 0 aromatic heterocycles. The standard InChI is InChI=1S/C11H13NO3S/c1-8-6-9(2-3-11(8)12(13)14)16-10-4-5-15-7-10/h2-3,6,10H,4-5,7H2,1H3/t10-/m1/s1. The third-order valence-electron chi connectivity index (χ3n) is 2.56. The van der Waals surface area contributed by atoms with Crippen LogP contribution >= 0.6 is 11.8 Å². The number of nitro groups is 1. The molecule has 0 bridgehead atoms. The molecule has 86 valence electrons. The summed E-state index contributed by atoms with van der Waals surface area (Å²) >= 11 is 1.74. The molecular weight excluding hydrogens is 226 g/mol. The summed E-state index contributed by atoms with van der Waals surface area (Å²) in [6.45, 7) is 3.37. The van der Waals surface area contributed by atoms with Gasteiger partial charge in [-0.25, -0.2) is 0 Å². The first kappa shape index (κ1) is 11.4. The Morgan fingerprint density at radius 1 is 1.56 bits per heavy atom. The van der Waals surface area contributed by atoms with Gasteiger partial charge in [-0.1, -0.05) is 0 Å². The van der Waals surface area contributed by atoms with Gasteiger partial charge in [-0.05, 0) is 25.5 Å². The molecule has 0 saturated carbocycles. The van der Waals surface area contributed by atoms with Crippen LogP contribution in [0, 0.1) is 17.0 Å². The van der Waals surface area contributed by atoms with Crippen molar-refractivity contribution >= 4 is 17.4 Å². The highest BCUT2D eigenvalue weighted by Crippen LogP contribution is 2.31. The molecule has 1 aromatic carbocycles. The lowest BCUT2D eigenvalue weighted by Crippen LogP contribution is -2.00. The molecule has 0 aliphatic carbocycles. The first-order valence-electron chi connectivity index (χ1n) is 5.16. The van der Waals surface area contributed by atoms with Crippen molar-refractivity contribution in [3.8, 4) is 0 Å². The van der Waals surface area contributed by atoms with Crippen LogP contribution < -0.4 is 0 Å². The average molecular weight is 239 g/mol. The van der Waals surface area contributed by atoms with Gasteiger partial charge >= 0.3 is 0 Å². The van der Waals surface area contributed by atoms with Crippen LogP contribution in [-0.4, -0.2) is 23.4 Å². The maximum Gasteiger partial charge on any atom is 0.272 e. The molecule has 0 radical (unpaired) electrons. The van der Waals surface area contributed by atoms with Crippen LogP contribution in [0.2, 0.25) is 0 Å². The lowest BCUT2D eigenvalue weighted by atomic mass is 10.2. The van der Waals surface area contributed by atoms with E-state index in [1.165, 1.54) is 0 Å². The van der Waals surface area contributed by atoms with E-state index in [9.17, 15) is 10.1 Å². The molecule has 4 nitrogen and oxygen atoms in total. The Morgan fingerprint density at radius 2 is 2.38 bits per heavy atom. The second-order valence-corrected chi connectivity index (χ2v) is 5.18. The van der Waals surface area contributed by atoms with E-state index in [1.54, 1.807) is 24.8 Å². The zero-order chi connectivity index (χ0) is 11.5. The molecule has 1 fully saturated rings. The maximum absolute atomic E-state index is 10.7. The highest BCUT2D eigenvalue weighted by atomic mass is 32.2.